The Balaban J connectivity index is 1.68. The normalized spacial score (nSPS) is 43.3. The second-order valence-electron chi connectivity index (χ2n) is 13.6. The molecule has 0 spiro atoms. The monoisotopic (exact) mass is 504 g/mol. The van der Waals surface area contributed by atoms with Crippen LogP contribution in [-0.4, -0.2) is 56.3 Å². The van der Waals surface area contributed by atoms with Gasteiger partial charge in [-0.15, -0.1) is 0 Å². The van der Waals surface area contributed by atoms with Crippen molar-refractivity contribution >= 4 is 17.5 Å². The lowest BCUT2D eigenvalue weighted by Crippen LogP contribution is -2.58. The highest BCUT2D eigenvalue weighted by Crippen LogP contribution is 2.67. The number of aliphatic hydroxyl groups is 3. The van der Waals surface area contributed by atoms with Crippen molar-refractivity contribution in [2.24, 2.45) is 45.8 Å². The van der Waals surface area contributed by atoms with Crippen LogP contribution in [0.1, 0.15) is 86.5 Å². The summed E-state index contributed by atoms with van der Waals surface area (Å²) in [5.41, 5.74) is -0.0875. The van der Waals surface area contributed by atoms with Crippen molar-refractivity contribution in [2.75, 3.05) is 0 Å². The molecule has 7 nitrogen and oxygen atoms in total. The molecule has 0 amide bonds. The fraction of sp³-hybridized carbons (Fsp3) is 0.828. The van der Waals surface area contributed by atoms with Gasteiger partial charge in [-0.2, -0.15) is 0 Å². The number of rotatable bonds is 6. The first-order valence-electron chi connectivity index (χ1n) is 13.6. The van der Waals surface area contributed by atoms with Crippen LogP contribution in [0.5, 0.6) is 0 Å². The van der Waals surface area contributed by atoms with Gasteiger partial charge in [-0.1, -0.05) is 41.5 Å². The van der Waals surface area contributed by atoms with Gasteiger partial charge in [0.2, 0.25) is 0 Å². The molecule has 0 saturated heterocycles. The first kappa shape index (κ1) is 27.5. The fourth-order valence-corrected chi connectivity index (χ4v) is 9.06. The number of hydrogen-bond acceptors (Lipinski definition) is 6. The van der Waals surface area contributed by atoms with Gasteiger partial charge in [0.1, 0.15) is 5.78 Å². The van der Waals surface area contributed by atoms with Crippen molar-refractivity contribution in [1.29, 1.82) is 0 Å². The molecule has 4 rings (SSSR count). The van der Waals surface area contributed by atoms with Crippen molar-refractivity contribution < 1.29 is 34.8 Å². The lowest BCUT2D eigenvalue weighted by atomic mass is 9.45. The van der Waals surface area contributed by atoms with Gasteiger partial charge in [0.15, 0.2) is 5.78 Å². The summed E-state index contributed by atoms with van der Waals surface area (Å²) in [5, 5.41) is 42.7. The van der Waals surface area contributed by atoms with E-state index in [0.717, 1.165) is 0 Å². The third-order valence-corrected chi connectivity index (χ3v) is 10.9. The number of carboxylic acids is 1. The maximum absolute atomic E-state index is 13.9. The summed E-state index contributed by atoms with van der Waals surface area (Å²) in [6.07, 6.45) is 0.579. The van der Waals surface area contributed by atoms with Crippen molar-refractivity contribution in [2.45, 2.75) is 105 Å². The number of allylic oxidation sites excluding steroid dienone is 1. The van der Waals surface area contributed by atoms with E-state index in [2.05, 4.69) is 6.92 Å². The first-order chi connectivity index (χ1) is 16.6. The highest BCUT2D eigenvalue weighted by molar-refractivity contribution is 6.00. The van der Waals surface area contributed by atoms with Gasteiger partial charge >= 0.3 is 5.97 Å². The Hall–Kier alpha value is -1.57. The van der Waals surface area contributed by atoms with E-state index >= 15 is 0 Å². The molecule has 0 aromatic rings. The number of fused-ring (bicyclic) bond motifs is 4. The average Bonchev–Trinajstić information content (AvgIpc) is 3.02. The minimum Gasteiger partial charge on any atom is -0.481 e. The average molecular weight is 505 g/mol. The van der Waals surface area contributed by atoms with Crippen LogP contribution in [0.25, 0.3) is 0 Å². The largest absolute Gasteiger partial charge is 0.481 e. The van der Waals surface area contributed by atoms with Gasteiger partial charge in [0, 0.05) is 30.8 Å². The summed E-state index contributed by atoms with van der Waals surface area (Å²) in [5.74, 6) is -2.43. The van der Waals surface area contributed by atoms with Gasteiger partial charge in [0.05, 0.1) is 24.2 Å². The van der Waals surface area contributed by atoms with Crippen LogP contribution in [-0.2, 0) is 14.4 Å². The van der Waals surface area contributed by atoms with Crippen LogP contribution in [0.15, 0.2) is 11.1 Å². The topological polar surface area (TPSA) is 132 Å². The number of hydrogen-bond donors (Lipinski definition) is 4. The number of ketones is 2. The summed E-state index contributed by atoms with van der Waals surface area (Å²) in [6.45, 7) is 11.7. The van der Waals surface area contributed by atoms with E-state index in [4.69, 9.17) is 5.11 Å². The number of carboxylic acid groups (broad SMARTS) is 1. The second kappa shape index (κ2) is 9.02. The molecule has 2 saturated carbocycles. The highest BCUT2D eigenvalue weighted by atomic mass is 16.4. The van der Waals surface area contributed by atoms with Gasteiger partial charge < -0.3 is 20.4 Å². The first-order valence-corrected chi connectivity index (χ1v) is 13.6. The number of carbonyl (C=O) groups excluding carboxylic acids is 2. The molecule has 0 bridgehead atoms. The van der Waals surface area contributed by atoms with Crippen molar-refractivity contribution in [3.05, 3.63) is 11.1 Å². The van der Waals surface area contributed by atoms with Gasteiger partial charge in [-0.25, -0.2) is 0 Å². The number of Topliss-reactive ketones (excluding diaryl/α,β-unsaturated/α-hetero) is 2. The molecular formula is C29H44O7. The lowest BCUT2D eigenvalue weighted by Gasteiger charge is -2.60. The molecule has 202 valence electrons. The van der Waals surface area contributed by atoms with Crippen LogP contribution in [0.2, 0.25) is 0 Å². The van der Waals surface area contributed by atoms with Crippen molar-refractivity contribution in [3.8, 4) is 0 Å². The summed E-state index contributed by atoms with van der Waals surface area (Å²) in [6, 6.07) is 0. The molecule has 4 aliphatic carbocycles. The summed E-state index contributed by atoms with van der Waals surface area (Å²) >= 11 is 0. The van der Waals surface area contributed by atoms with E-state index in [-0.39, 0.29) is 54.5 Å². The molecule has 0 aliphatic heterocycles. The van der Waals surface area contributed by atoms with Crippen LogP contribution < -0.4 is 0 Å². The van der Waals surface area contributed by atoms with Crippen LogP contribution in [0.4, 0.5) is 0 Å². The Morgan fingerprint density at radius 2 is 1.67 bits per heavy atom. The number of aliphatic hydroxyl groups excluding tert-OH is 3. The highest BCUT2D eigenvalue weighted by Gasteiger charge is 2.65. The van der Waals surface area contributed by atoms with Gasteiger partial charge in [-0.05, 0) is 65.3 Å². The minimum absolute atomic E-state index is 0.0244. The third kappa shape index (κ3) is 4.01. The Kier molecular flexibility index (Phi) is 6.88. The maximum Gasteiger partial charge on any atom is 0.306 e. The van der Waals surface area contributed by atoms with Crippen molar-refractivity contribution in [3.63, 3.8) is 0 Å². The molecule has 0 heterocycles. The minimum atomic E-state index is -0.992. The smallest absolute Gasteiger partial charge is 0.306 e. The second-order valence-corrected chi connectivity index (χ2v) is 13.6. The maximum atomic E-state index is 13.9. The quantitative estimate of drug-likeness (QED) is 0.435. The third-order valence-electron chi connectivity index (χ3n) is 10.9. The molecule has 0 radical (unpaired) electrons. The Labute approximate surface area is 214 Å². The van der Waals surface area contributed by atoms with E-state index in [9.17, 15) is 29.7 Å². The van der Waals surface area contributed by atoms with E-state index in [1.54, 1.807) is 0 Å². The molecule has 2 fully saturated rings. The predicted molar refractivity (Wildman–Crippen MR) is 134 cm³/mol. The number of aliphatic carboxylic acids is 1. The predicted octanol–water partition coefficient (Wildman–Crippen LogP) is 3.53. The molecule has 3 unspecified atom stereocenters. The lowest BCUT2D eigenvalue weighted by molar-refractivity contribution is -0.143. The molecule has 0 aromatic heterocycles. The SMILES string of the molecule is CC(CC(=O)CC(C)[C@H]1C[C@H](O)[C@H]2C3=C(C(=O)C[C@]12C)[C@@]1(C)CC[C@H](O)C(C)(C)C1C[C@@H]3O)C(=O)O. The molecular weight excluding hydrogens is 460 g/mol. The molecule has 36 heavy (non-hydrogen) atoms. The summed E-state index contributed by atoms with van der Waals surface area (Å²) in [7, 11) is 0. The van der Waals surface area contributed by atoms with Crippen LogP contribution in [0.3, 0.4) is 0 Å². The molecule has 10 atom stereocenters. The fourth-order valence-electron chi connectivity index (χ4n) is 9.06. The van der Waals surface area contributed by atoms with E-state index < -0.39 is 46.4 Å². The van der Waals surface area contributed by atoms with E-state index in [1.165, 1.54) is 6.92 Å². The van der Waals surface area contributed by atoms with Crippen LogP contribution >= 0.6 is 0 Å². The number of carbonyl (C=O) groups is 3. The molecule has 4 aliphatic rings. The van der Waals surface area contributed by atoms with Gasteiger partial charge in [-0.3, -0.25) is 14.4 Å². The zero-order valence-electron chi connectivity index (χ0n) is 22.6. The van der Waals surface area contributed by atoms with E-state index in [1.807, 2.05) is 27.7 Å². The van der Waals surface area contributed by atoms with Crippen LogP contribution in [0, 0.1) is 45.8 Å². The Morgan fingerprint density at radius 1 is 1.03 bits per heavy atom. The zero-order valence-corrected chi connectivity index (χ0v) is 22.6. The molecule has 7 heteroatoms. The molecule has 0 aromatic carbocycles. The van der Waals surface area contributed by atoms with E-state index in [0.29, 0.717) is 36.8 Å². The molecule has 4 N–H and O–H groups in total. The Morgan fingerprint density at radius 3 is 2.28 bits per heavy atom. The van der Waals surface area contributed by atoms with Crippen molar-refractivity contribution in [1.82, 2.24) is 0 Å². The zero-order chi connectivity index (χ0) is 27.0. The standard InChI is InChI=1S/C29H44O7/c1-14(9-16(30)10-15(2)26(35)36)17-11-19(32)24-23-18(31)12-21-27(3,4)22(34)7-8-28(21,5)25(23)20(33)13-29(17,24)6/h14-15,17-19,21-22,24,31-32,34H,7-13H2,1-6H3,(H,35,36)/t14?,15?,17-,18+,19+,21?,22+,24+,28+,29-/m1/s1. The summed E-state index contributed by atoms with van der Waals surface area (Å²) in [4.78, 5) is 37.8. The Bertz CT molecular complexity index is 982. The summed E-state index contributed by atoms with van der Waals surface area (Å²) < 4.78 is 0. The van der Waals surface area contributed by atoms with Gasteiger partial charge in [0.25, 0.3) is 0 Å².